The molecule has 1 aromatic carbocycles. The molecule has 2 rings (SSSR count). The van der Waals surface area contributed by atoms with Crippen LogP contribution >= 0.6 is 0 Å². The largest absolute Gasteiger partial charge is 0.294 e. The van der Waals surface area contributed by atoms with E-state index >= 15 is 0 Å². The number of rotatable bonds is 2. The van der Waals surface area contributed by atoms with Crippen LogP contribution in [0.3, 0.4) is 0 Å². The van der Waals surface area contributed by atoms with Crippen LogP contribution in [0.4, 0.5) is 0 Å². The third kappa shape index (κ3) is 2.49. The first kappa shape index (κ1) is 12.1. The Morgan fingerprint density at radius 3 is 2.29 bits per heavy atom. The Morgan fingerprint density at radius 2 is 1.65 bits per heavy atom. The van der Waals surface area contributed by atoms with Crippen molar-refractivity contribution in [2.75, 3.05) is 0 Å². The number of benzene rings is 1. The maximum absolute atomic E-state index is 12.4. The third-order valence-corrected chi connectivity index (χ3v) is 3.96. The molecule has 17 heavy (non-hydrogen) atoms. The minimum Gasteiger partial charge on any atom is -0.294 e. The third-order valence-electron chi connectivity index (χ3n) is 3.96. The lowest BCUT2D eigenvalue weighted by Crippen LogP contribution is -2.26. The maximum atomic E-state index is 12.4. The van der Waals surface area contributed by atoms with Crippen LogP contribution < -0.4 is 0 Å². The van der Waals surface area contributed by atoms with Crippen LogP contribution in [0.5, 0.6) is 0 Å². The fraction of sp³-hybridized carbons (Fsp3) is 0.438. The highest BCUT2D eigenvalue weighted by atomic mass is 16.1. The molecule has 90 valence electrons. The van der Waals surface area contributed by atoms with Gasteiger partial charge < -0.3 is 0 Å². The molecule has 1 aromatic rings. The first-order valence-electron chi connectivity index (χ1n) is 6.34. The van der Waals surface area contributed by atoms with E-state index in [2.05, 4.69) is 20.8 Å². The van der Waals surface area contributed by atoms with Crippen molar-refractivity contribution in [1.29, 1.82) is 0 Å². The molecular formula is C16H20O. The summed E-state index contributed by atoms with van der Waals surface area (Å²) in [5.74, 6) is 0.942. The van der Waals surface area contributed by atoms with Crippen LogP contribution in [0, 0.1) is 11.8 Å². The van der Waals surface area contributed by atoms with E-state index in [0.717, 1.165) is 18.4 Å². The van der Waals surface area contributed by atoms with Crippen LogP contribution in [-0.4, -0.2) is 5.78 Å². The van der Waals surface area contributed by atoms with Crippen LogP contribution in [0.2, 0.25) is 0 Å². The van der Waals surface area contributed by atoms with Crippen molar-refractivity contribution in [3.05, 3.63) is 47.0 Å². The van der Waals surface area contributed by atoms with Gasteiger partial charge in [-0.15, -0.1) is 0 Å². The molecule has 0 N–H and O–H groups in total. The molecule has 0 saturated carbocycles. The van der Waals surface area contributed by atoms with E-state index in [9.17, 15) is 4.79 Å². The zero-order valence-corrected chi connectivity index (χ0v) is 10.9. The zero-order chi connectivity index (χ0) is 12.4. The van der Waals surface area contributed by atoms with Gasteiger partial charge in [0.2, 0.25) is 0 Å². The summed E-state index contributed by atoms with van der Waals surface area (Å²) in [5.41, 5.74) is 3.73. The lowest BCUT2D eigenvalue weighted by atomic mass is 9.74. The van der Waals surface area contributed by atoms with Crippen molar-refractivity contribution in [2.45, 2.75) is 33.6 Å². The molecule has 1 heteroatoms. The predicted molar refractivity (Wildman–Crippen MR) is 71.0 cm³/mol. The first-order valence-corrected chi connectivity index (χ1v) is 6.34. The SMILES string of the molecule is CC1=C(C)CC(C(=O)c2ccccc2)C(C)C1. The zero-order valence-electron chi connectivity index (χ0n) is 10.9. The van der Waals surface area contributed by atoms with Crippen LogP contribution in [0.15, 0.2) is 41.5 Å². The van der Waals surface area contributed by atoms with Crippen molar-refractivity contribution in [2.24, 2.45) is 11.8 Å². The highest BCUT2D eigenvalue weighted by molar-refractivity contribution is 5.98. The molecule has 0 heterocycles. The molecule has 0 bridgehead atoms. The molecule has 0 fully saturated rings. The summed E-state index contributed by atoms with van der Waals surface area (Å²) in [6.07, 6.45) is 2.00. The van der Waals surface area contributed by atoms with Gasteiger partial charge in [0.05, 0.1) is 0 Å². The highest BCUT2D eigenvalue weighted by Crippen LogP contribution is 2.35. The van der Waals surface area contributed by atoms with Gasteiger partial charge >= 0.3 is 0 Å². The molecule has 0 radical (unpaired) electrons. The summed E-state index contributed by atoms with van der Waals surface area (Å²) in [7, 11) is 0. The van der Waals surface area contributed by atoms with E-state index < -0.39 is 0 Å². The fourth-order valence-electron chi connectivity index (χ4n) is 2.67. The second-order valence-corrected chi connectivity index (χ2v) is 5.28. The predicted octanol–water partition coefficient (Wildman–Crippen LogP) is 4.25. The molecule has 2 atom stereocenters. The van der Waals surface area contributed by atoms with Gasteiger partial charge in [-0.25, -0.2) is 0 Å². The summed E-state index contributed by atoms with van der Waals surface area (Å²) in [6, 6.07) is 9.69. The van der Waals surface area contributed by atoms with Crippen molar-refractivity contribution in [3.63, 3.8) is 0 Å². The Labute approximate surface area is 104 Å². The normalized spacial score (nSPS) is 24.9. The number of Topliss-reactive ketones (excluding diaryl/α,β-unsaturated/α-hetero) is 1. The number of carbonyl (C=O) groups excluding carboxylic acids is 1. The number of ketones is 1. The Kier molecular flexibility index (Phi) is 3.46. The topological polar surface area (TPSA) is 17.1 Å². The number of hydrogen-bond donors (Lipinski definition) is 0. The van der Waals surface area contributed by atoms with Gasteiger partial charge in [0.15, 0.2) is 5.78 Å². The summed E-state index contributed by atoms with van der Waals surface area (Å²) in [6.45, 7) is 6.54. The van der Waals surface area contributed by atoms with Crippen LogP contribution in [-0.2, 0) is 0 Å². The number of allylic oxidation sites excluding steroid dienone is 2. The molecular weight excluding hydrogens is 208 g/mol. The lowest BCUT2D eigenvalue weighted by molar-refractivity contribution is 0.0870. The van der Waals surface area contributed by atoms with Gasteiger partial charge in [0, 0.05) is 11.5 Å². The standard InChI is InChI=1S/C16H20O/c1-11-9-13(3)15(10-12(11)2)16(17)14-7-5-4-6-8-14/h4-8,13,15H,9-10H2,1-3H3. The van der Waals surface area contributed by atoms with Gasteiger partial charge in [-0.1, -0.05) is 48.4 Å². The maximum Gasteiger partial charge on any atom is 0.166 e. The minimum atomic E-state index is 0.168. The number of carbonyl (C=O) groups is 1. The van der Waals surface area contributed by atoms with Crippen molar-refractivity contribution in [3.8, 4) is 0 Å². The average Bonchev–Trinajstić information content (AvgIpc) is 2.34. The highest BCUT2D eigenvalue weighted by Gasteiger charge is 2.29. The summed E-state index contributed by atoms with van der Waals surface area (Å²) < 4.78 is 0. The Balaban J connectivity index is 2.22. The Morgan fingerprint density at radius 1 is 1.06 bits per heavy atom. The van der Waals surface area contributed by atoms with Crippen LogP contribution in [0.25, 0.3) is 0 Å². The fourth-order valence-corrected chi connectivity index (χ4v) is 2.67. The van der Waals surface area contributed by atoms with Crippen molar-refractivity contribution in [1.82, 2.24) is 0 Å². The van der Waals surface area contributed by atoms with Gasteiger partial charge in [-0.2, -0.15) is 0 Å². The molecule has 0 spiro atoms. The van der Waals surface area contributed by atoms with Gasteiger partial charge in [0.25, 0.3) is 0 Å². The van der Waals surface area contributed by atoms with Crippen LogP contribution in [0.1, 0.15) is 44.0 Å². The number of hydrogen-bond acceptors (Lipinski definition) is 1. The monoisotopic (exact) mass is 228 g/mol. The molecule has 0 saturated heterocycles. The van der Waals surface area contributed by atoms with Gasteiger partial charge in [-0.05, 0) is 32.6 Å². The van der Waals surface area contributed by atoms with Gasteiger partial charge in [-0.3, -0.25) is 4.79 Å². The summed E-state index contributed by atoms with van der Waals surface area (Å²) >= 11 is 0. The molecule has 2 unspecified atom stereocenters. The van der Waals surface area contributed by atoms with E-state index in [1.165, 1.54) is 11.1 Å². The molecule has 0 amide bonds. The molecule has 1 aliphatic carbocycles. The van der Waals surface area contributed by atoms with E-state index in [0.29, 0.717) is 11.7 Å². The van der Waals surface area contributed by atoms with E-state index in [1.807, 2.05) is 30.3 Å². The minimum absolute atomic E-state index is 0.168. The quantitative estimate of drug-likeness (QED) is 0.546. The van der Waals surface area contributed by atoms with Crippen molar-refractivity contribution >= 4 is 5.78 Å². The molecule has 1 aliphatic rings. The van der Waals surface area contributed by atoms with E-state index in [1.54, 1.807) is 0 Å². The molecule has 0 aromatic heterocycles. The second-order valence-electron chi connectivity index (χ2n) is 5.28. The summed E-state index contributed by atoms with van der Waals surface area (Å²) in [4.78, 5) is 12.4. The average molecular weight is 228 g/mol. The van der Waals surface area contributed by atoms with Crippen molar-refractivity contribution < 1.29 is 4.79 Å². The molecule has 0 aliphatic heterocycles. The summed E-state index contributed by atoms with van der Waals surface area (Å²) in [5, 5.41) is 0. The van der Waals surface area contributed by atoms with E-state index in [-0.39, 0.29) is 5.92 Å². The van der Waals surface area contributed by atoms with E-state index in [4.69, 9.17) is 0 Å². The second kappa shape index (κ2) is 4.87. The molecule has 1 nitrogen and oxygen atoms in total. The first-order chi connectivity index (χ1) is 8.09. The Hall–Kier alpha value is -1.37. The Bertz CT molecular complexity index is 442. The smallest absolute Gasteiger partial charge is 0.166 e. The van der Waals surface area contributed by atoms with Gasteiger partial charge in [0.1, 0.15) is 0 Å². The lowest BCUT2D eigenvalue weighted by Gasteiger charge is -2.29.